The summed E-state index contributed by atoms with van der Waals surface area (Å²) in [5, 5.41) is 5.49. The lowest BCUT2D eigenvalue weighted by Crippen LogP contribution is -2.59. The van der Waals surface area contributed by atoms with Gasteiger partial charge in [0.1, 0.15) is 36.8 Å². The van der Waals surface area contributed by atoms with Crippen LogP contribution in [0.3, 0.4) is 0 Å². The second-order valence-electron chi connectivity index (χ2n) is 16.8. The number of benzene rings is 1. The van der Waals surface area contributed by atoms with Crippen molar-refractivity contribution in [3.63, 3.8) is 0 Å². The van der Waals surface area contributed by atoms with Gasteiger partial charge < -0.3 is 34.8 Å². The van der Waals surface area contributed by atoms with Crippen LogP contribution >= 0.6 is 0 Å². The molecule has 0 aromatic heterocycles. The molecule has 0 spiro atoms. The van der Waals surface area contributed by atoms with Gasteiger partial charge in [-0.1, -0.05) is 71.9 Å². The van der Waals surface area contributed by atoms with E-state index in [1.807, 2.05) is 30.3 Å². The van der Waals surface area contributed by atoms with Crippen LogP contribution in [0.25, 0.3) is 0 Å². The first kappa shape index (κ1) is 46.5. The van der Waals surface area contributed by atoms with Gasteiger partial charge in [-0.05, 0) is 62.8 Å². The number of hydrogen-bond acceptors (Lipinski definition) is 9. The number of cyclic esters (lactones) is 2. The highest BCUT2D eigenvalue weighted by Crippen LogP contribution is 2.30. The summed E-state index contributed by atoms with van der Waals surface area (Å²) < 4.78 is 11.9. The minimum Gasteiger partial charge on any atom is -0.460 e. The molecule has 2 aliphatic rings. The SMILES string of the molecule is C#CCCC[C@@H]1OC(=O)CNC(=O)C(Cc2ccccc2)N(C)C(=O)C2CCCN2C(=O)[C@H](C(C)C)OC(=O)C(C(C)C)N(C)C(=O)[C@H](C(C)C)NC(=O)C1(C)C. The van der Waals surface area contributed by atoms with Crippen molar-refractivity contribution in [3.05, 3.63) is 35.9 Å². The number of ether oxygens (including phenoxy) is 2. The summed E-state index contributed by atoms with van der Waals surface area (Å²) in [6, 6.07) is 4.85. The summed E-state index contributed by atoms with van der Waals surface area (Å²) in [6.07, 6.45) is 5.16. The van der Waals surface area contributed by atoms with E-state index in [1.165, 1.54) is 28.8 Å². The molecule has 0 saturated carbocycles. The average Bonchev–Trinajstić information content (AvgIpc) is 3.65. The van der Waals surface area contributed by atoms with Gasteiger partial charge in [-0.25, -0.2) is 4.79 Å². The Labute approximate surface area is 338 Å². The molecule has 2 fully saturated rings. The quantitative estimate of drug-likeness (QED) is 0.228. The minimum absolute atomic E-state index is 0.110. The van der Waals surface area contributed by atoms with Gasteiger partial charge in [0, 0.05) is 33.5 Å². The van der Waals surface area contributed by atoms with Gasteiger partial charge >= 0.3 is 11.9 Å². The molecule has 2 N–H and O–H groups in total. The minimum atomic E-state index is -1.38. The lowest BCUT2D eigenvalue weighted by molar-refractivity contribution is -0.172. The third-order valence-electron chi connectivity index (χ3n) is 11.0. The molecule has 3 rings (SSSR count). The molecule has 1 aromatic rings. The molecule has 2 heterocycles. The highest BCUT2D eigenvalue weighted by atomic mass is 16.6. The maximum atomic E-state index is 14.3. The van der Waals surface area contributed by atoms with Crippen LogP contribution in [-0.2, 0) is 49.5 Å². The van der Waals surface area contributed by atoms with Gasteiger partial charge in [0.2, 0.25) is 23.6 Å². The monoisotopic (exact) mass is 793 g/mol. The molecule has 14 nitrogen and oxygen atoms in total. The maximum absolute atomic E-state index is 14.3. The molecule has 6 atom stereocenters. The Bertz CT molecular complexity index is 1650. The van der Waals surface area contributed by atoms with E-state index in [0.29, 0.717) is 25.7 Å². The third-order valence-corrected chi connectivity index (χ3v) is 11.0. The van der Waals surface area contributed by atoms with Gasteiger partial charge in [-0.2, -0.15) is 0 Å². The number of fused-ring (bicyclic) bond motifs is 1. The largest absolute Gasteiger partial charge is 0.460 e. The highest BCUT2D eigenvalue weighted by Gasteiger charge is 2.46. The lowest BCUT2D eigenvalue weighted by Gasteiger charge is -2.38. The van der Waals surface area contributed by atoms with Crippen LogP contribution in [0.1, 0.15) is 93.1 Å². The van der Waals surface area contributed by atoms with E-state index in [-0.39, 0.29) is 19.4 Å². The summed E-state index contributed by atoms with van der Waals surface area (Å²) >= 11 is 0. The summed E-state index contributed by atoms with van der Waals surface area (Å²) in [6.45, 7) is 13.3. The standard InChI is InChI=1S/C43H63N5O9/c1-12-13-15-22-32-43(8,9)42(55)45-34(26(2)3)39(52)47(11)35(27(4)5)41(54)57-36(28(6)7)40(53)48-23-18-21-30(48)38(51)46(10)31(24-29-19-16-14-17-20-29)37(50)44-25-33(49)56-32/h1,14,16-17,19-20,26-28,30-32,34-36H,13,15,18,21-25H2,2-11H3,(H,44,50)(H,45,55)/t30?,31?,32-,34-,35?,36-/m0/s1. The molecule has 3 unspecified atom stereocenters. The first-order valence-electron chi connectivity index (χ1n) is 20.0. The Kier molecular flexibility index (Phi) is 16.7. The molecule has 2 saturated heterocycles. The number of likely N-dealkylation sites (N-methyl/N-ethyl adjacent to an activating group) is 2. The molecule has 2 aliphatic heterocycles. The summed E-state index contributed by atoms with van der Waals surface area (Å²) in [4.78, 5) is 102. The first-order valence-corrected chi connectivity index (χ1v) is 20.0. The van der Waals surface area contributed by atoms with Crippen molar-refractivity contribution in [1.29, 1.82) is 0 Å². The van der Waals surface area contributed by atoms with Crippen LogP contribution in [0, 0.1) is 35.5 Å². The van der Waals surface area contributed by atoms with E-state index in [2.05, 4.69) is 16.6 Å². The normalized spacial score (nSPS) is 26.3. The summed E-state index contributed by atoms with van der Waals surface area (Å²) in [5.41, 5.74) is -0.620. The molecule has 0 bridgehead atoms. The van der Waals surface area contributed by atoms with Crippen LogP contribution in [0.5, 0.6) is 0 Å². The van der Waals surface area contributed by atoms with Gasteiger partial charge in [-0.3, -0.25) is 28.8 Å². The number of carbonyl (C=O) groups is 7. The predicted octanol–water partition coefficient (Wildman–Crippen LogP) is 3.11. The topological polar surface area (TPSA) is 172 Å². The second kappa shape index (κ2) is 20.5. The van der Waals surface area contributed by atoms with Crippen molar-refractivity contribution in [2.24, 2.45) is 23.2 Å². The van der Waals surface area contributed by atoms with Crippen molar-refractivity contribution >= 4 is 41.5 Å². The molecule has 14 heteroatoms. The zero-order chi connectivity index (χ0) is 42.8. The number of hydrogen-bond donors (Lipinski definition) is 2. The zero-order valence-electron chi connectivity index (χ0n) is 35.3. The third kappa shape index (κ3) is 11.6. The van der Waals surface area contributed by atoms with Crippen LogP contribution in [0.15, 0.2) is 30.3 Å². The van der Waals surface area contributed by atoms with E-state index in [1.54, 1.807) is 55.4 Å². The van der Waals surface area contributed by atoms with Crippen LogP contribution < -0.4 is 10.6 Å². The first-order chi connectivity index (χ1) is 26.7. The van der Waals surface area contributed by atoms with Crippen molar-refractivity contribution in [2.45, 2.75) is 130 Å². The van der Waals surface area contributed by atoms with Gasteiger partial charge in [0.05, 0.1) is 5.41 Å². The molecule has 314 valence electrons. The Morgan fingerprint density at radius 3 is 2.09 bits per heavy atom. The molecule has 0 aliphatic carbocycles. The van der Waals surface area contributed by atoms with Crippen LogP contribution in [-0.4, -0.2) is 120 Å². The van der Waals surface area contributed by atoms with E-state index in [9.17, 15) is 33.6 Å². The van der Waals surface area contributed by atoms with Gasteiger partial charge in [0.25, 0.3) is 5.91 Å². The smallest absolute Gasteiger partial charge is 0.329 e. The number of unbranched alkanes of at least 4 members (excludes halogenated alkanes) is 1. The van der Waals surface area contributed by atoms with Crippen molar-refractivity contribution < 1.29 is 43.0 Å². The summed E-state index contributed by atoms with van der Waals surface area (Å²) in [7, 11) is 2.95. The van der Waals surface area contributed by atoms with E-state index < -0.39 is 108 Å². The van der Waals surface area contributed by atoms with Crippen molar-refractivity contribution in [1.82, 2.24) is 25.3 Å². The van der Waals surface area contributed by atoms with E-state index >= 15 is 0 Å². The number of carbonyl (C=O) groups excluding carboxylic acids is 7. The van der Waals surface area contributed by atoms with Crippen molar-refractivity contribution in [2.75, 3.05) is 27.2 Å². The molecular formula is C43H63N5O9. The average molecular weight is 794 g/mol. The molecule has 0 radical (unpaired) electrons. The Morgan fingerprint density at radius 2 is 1.51 bits per heavy atom. The second-order valence-corrected chi connectivity index (χ2v) is 16.8. The molecular weight excluding hydrogens is 730 g/mol. The highest BCUT2D eigenvalue weighted by molar-refractivity contribution is 5.96. The number of amides is 5. The number of esters is 2. The Morgan fingerprint density at radius 1 is 0.860 bits per heavy atom. The molecule has 5 amide bonds. The number of rotatable bonds is 8. The Hall–Kier alpha value is -4.93. The van der Waals surface area contributed by atoms with Crippen LogP contribution in [0.2, 0.25) is 0 Å². The lowest BCUT2D eigenvalue weighted by atomic mass is 9.82. The Balaban J connectivity index is 2.14. The fourth-order valence-corrected chi connectivity index (χ4v) is 7.40. The molecule has 1 aromatic carbocycles. The number of nitrogens with one attached hydrogen (secondary N) is 2. The number of terminal acetylenes is 1. The van der Waals surface area contributed by atoms with Gasteiger partial charge in [-0.15, -0.1) is 12.3 Å². The van der Waals surface area contributed by atoms with Crippen molar-refractivity contribution in [3.8, 4) is 12.3 Å². The maximum Gasteiger partial charge on any atom is 0.329 e. The molecule has 57 heavy (non-hydrogen) atoms. The van der Waals surface area contributed by atoms with Gasteiger partial charge in [0.15, 0.2) is 6.10 Å². The summed E-state index contributed by atoms with van der Waals surface area (Å²) in [5.74, 6) is -3.24. The van der Waals surface area contributed by atoms with E-state index in [0.717, 1.165) is 5.56 Å². The zero-order valence-corrected chi connectivity index (χ0v) is 35.3. The fourth-order valence-electron chi connectivity index (χ4n) is 7.40. The number of nitrogens with zero attached hydrogens (tertiary/aromatic N) is 3. The van der Waals surface area contributed by atoms with Crippen LogP contribution in [0.4, 0.5) is 0 Å². The van der Waals surface area contributed by atoms with E-state index in [4.69, 9.17) is 15.9 Å². The predicted molar refractivity (Wildman–Crippen MR) is 214 cm³/mol. The fraction of sp³-hybridized carbons (Fsp3) is 0.651.